The number of carboxylic acid groups (broad SMARTS) is 1. The fourth-order valence-corrected chi connectivity index (χ4v) is 2.08. The molecule has 1 fully saturated rings. The molecule has 0 saturated heterocycles. The highest BCUT2D eigenvalue weighted by Crippen LogP contribution is 2.37. The first-order chi connectivity index (χ1) is 9.22. The molecule has 5 nitrogen and oxygen atoms in total. The Balaban J connectivity index is 1.76. The molecule has 1 aliphatic carbocycles. The molecule has 1 aliphatic rings. The molecule has 2 aromatic rings. The van der Waals surface area contributed by atoms with E-state index in [0.717, 1.165) is 6.26 Å². The van der Waals surface area contributed by atoms with Gasteiger partial charge < -0.3 is 14.3 Å². The fraction of sp³-hybridized carbons (Fsp3) is 0.286. The molecule has 0 unspecified atom stereocenters. The molecule has 0 radical (unpaired) electrons. The van der Waals surface area contributed by atoms with Gasteiger partial charge in [0, 0.05) is 0 Å². The van der Waals surface area contributed by atoms with Crippen LogP contribution in [-0.2, 0) is 0 Å². The maximum atomic E-state index is 10.7. The smallest absolute Gasteiger partial charge is 0.399 e. The molecule has 98 valence electrons. The quantitative estimate of drug-likeness (QED) is 0.910. The summed E-state index contributed by atoms with van der Waals surface area (Å²) in [4.78, 5) is 14.4. The first-order valence-corrected chi connectivity index (χ1v) is 6.19. The molecular formula is C14H13NO4. The second-order valence-corrected chi connectivity index (χ2v) is 4.61. The summed E-state index contributed by atoms with van der Waals surface area (Å²) in [5.41, 5.74) is 1.08. The minimum absolute atomic E-state index is 0.0526. The van der Waals surface area contributed by atoms with Crippen molar-refractivity contribution in [2.75, 3.05) is 0 Å². The molecule has 0 amide bonds. The zero-order valence-electron chi connectivity index (χ0n) is 10.2. The van der Waals surface area contributed by atoms with Crippen molar-refractivity contribution >= 4 is 5.97 Å². The van der Waals surface area contributed by atoms with Crippen molar-refractivity contribution in [3.8, 4) is 11.8 Å². The van der Waals surface area contributed by atoms with Crippen LogP contribution >= 0.6 is 0 Å². The van der Waals surface area contributed by atoms with E-state index in [1.54, 1.807) is 6.07 Å². The van der Waals surface area contributed by atoms with Crippen LogP contribution in [0.1, 0.15) is 41.2 Å². The van der Waals surface area contributed by atoms with Crippen LogP contribution in [0.5, 0.6) is 11.8 Å². The van der Waals surface area contributed by atoms with Gasteiger partial charge in [0.2, 0.25) is 0 Å². The molecule has 5 heteroatoms. The van der Waals surface area contributed by atoms with Crippen LogP contribution in [0, 0.1) is 0 Å². The SMILES string of the molecule is O=C(O)c1coc(Oc2cccc(C3CCC3)c2)n1. The number of nitrogens with zero attached hydrogens (tertiary/aromatic N) is 1. The van der Waals surface area contributed by atoms with Gasteiger partial charge in [-0.3, -0.25) is 0 Å². The summed E-state index contributed by atoms with van der Waals surface area (Å²) < 4.78 is 10.4. The van der Waals surface area contributed by atoms with E-state index < -0.39 is 5.97 Å². The van der Waals surface area contributed by atoms with Gasteiger partial charge in [0.15, 0.2) is 5.69 Å². The zero-order chi connectivity index (χ0) is 13.2. The minimum atomic E-state index is -1.14. The number of oxazole rings is 1. The van der Waals surface area contributed by atoms with E-state index in [2.05, 4.69) is 11.1 Å². The highest BCUT2D eigenvalue weighted by molar-refractivity contribution is 5.84. The van der Waals surface area contributed by atoms with Gasteiger partial charge in [-0.1, -0.05) is 18.6 Å². The van der Waals surface area contributed by atoms with Gasteiger partial charge in [0.05, 0.1) is 0 Å². The maximum absolute atomic E-state index is 10.7. The van der Waals surface area contributed by atoms with E-state index in [9.17, 15) is 4.79 Å². The van der Waals surface area contributed by atoms with Crippen LogP contribution in [0.25, 0.3) is 0 Å². The largest absolute Gasteiger partial charge is 0.476 e. The van der Waals surface area contributed by atoms with E-state index >= 15 is 0 Å². The Morgan fingerprint density at radius 2 is 2.26 bits per heavy atom. The molecule has 1 heterocycles. The Hall–Kier alpha value is -2.30. The lowest BCUT2D eigenvalue weighted by molar-refractivity contribution is 0.0690. The summed E-state index contributed by atoms with van der Waals surface area (Å²) in [6.07, 6.45) is 4.71. The molecule has 19 heavy (non-hydrogen) atoms. The van der Waals surface area contributed by atoms with Crippen molar-refractivity contribution in [1.29, 1.82) is 0 Å². The number of aromatic nitrogens is 1. The van der Waals surface area contributed by atoms with Crippen LogP contribution in [0.4, 0.5) is 0 Å². The van der Waals surface area contributed by atoms with Crippen LogP contribution in [0.2, 0.25) is 0 Å². The summed E-state index contributed by atoms with van der Waals surface area (Å²) in [6, 6.07) is 7.75. The summed E-state index contributed by atoms with van der Waals surface area (Å²) >= 11 is 0. The third-order valence-corrected chi connectivity index (χ3v) is 3.34. The Labute approximate surface area is 109 Å². The van der Waals surface area contributed by atoms with Crippen molar-refractivity contribution in [3.05, 3.63) is 41.8 Å². The fourth-order valence-electron chi connectivity index (χ4n) is 2.08. The second-order valence-electron chi connectivity index (χ2n) is 4.61. The van der Waals surface area contributed by atoms with Crippen molar-refractivity contribution in [2.24, 2.45) is 0 Å². The predicted molar refractivity (Wildman–Crippen MR) is 66.6 cm³/mol. The average molecular weight is 259 g/mol. The molecule has 0 bridgehead atoms. The number of carbonyl (C=O) groups is 1. The monoisotopic (exact) mass is 259 g/mol. The Kier molecular flexibility index (Phi) is 2.95. The van der Waals surface area contributed by atoms with Gasteiger partial charge in [-0.25, -0.2) is 4.79 Å². The molecule has 1 aromatic heterocycles. The summed E-state index contributed by atoms with van der Waals surface area (Å²) in [5, 5.41) is 8.74. The van der Waals surface area contributed by atoms with E-state index in [1.807, 2.05) is 12.1 Å². The molecule has 1 aromatic carbocycles. The number of hydrogen-bond acceptors (Lipinski definition) is 4. The number of rotatable bonds is 4. The van der Waals surface area contributed by atoms with E-state index in [-0.39, 0.29) is 11.8 Å². The second kappa shape index (κ2) is 4.76. The third-order valence-electron chi connectivity index (χ3n) is 3.34. The van der Waals surface area contributed by atoms with Gasteiger partial charge in [-0.05, 0) is 36.5 Å². The number of benzene rings is 1. The molecule has 0 aliphatic heterocycles. The standard InChI is InChI=1S/C14H13NO4/c16-13(17)12-8-18-14(15-12)19-11-6-2-5-10(7-11)9-3-1-4-9/h2,5-9H,1,3-4H2,(H,16,17). The summed E-state index contributed by atoms with van der Waals surface area (Å²) in [6.45, 7) is 0. The van der Waals surface area contributed by atoms with Gasteiger partial charge in [0.25, 0.3) is 0 Å². The van der Waals surface area contributed by atoms with Crippen LogP contribution in [0.15, 0.2) is 34.9 Å². The molecule has 1 saturated carbocycles. The highest BCUT2D eigenvalue weighted by atomic mass is 16.6. The van der Waals surface area contributed by atoms with Gasteiger partial charge in [-0.15, -0.1) is 0 Å². The van der Waals surface area contributed by atoms with Gasteiger partial charge >= 0.3 is 12.0 Å². The first kappa shape index (κ1) is 11.8. The van der Waals surface area contributed by atoms with E-state index in [0.29, 0.717) is 11.7 Å². The number of ether oxygens (including phenoxy) is 1. The predicted octanol–water partition coefficient (Wildman–Crippen LogP) is 3.43. The highest BCUT2D eigenvalue weighted by Gasteiger charge is 2.20. The van der Waals surface area contributed by atoms with Crippen LogP contribution in [0.3, 0.4) is 0 Å². The number of hydrogen-bond donors (Lipinski definition) is 1. The van der Waals surface area contributed by atoms with Crippen LogP contribution in [-0.4, -0.2) is 16.1 Å². The lowest BCUT2D eigenvalue weighted by Gasteiger charge is -2.25. The number of carboxylic acids is 1. The third kappa shape index (κ3) is 2.45. The summed E-state index contributed by atoms with van der Waals surface area (Å²) in [7, 11) is 0. The van der Waals surface area contributed by atoms with Crippen molar-refractivity contribution in [1.82, 2.24) is 4.98 Å². The molecular weight excluding hydrogens is 246 g/mol. The lowest BCUT2D eigenvalue weighted by atomic mass is 9.80. The van der Waals surface area contributed by atoms with Gasteiger partial charge in [-0.2, -0.15) is 4.98 Å². The Morgan fingerprint density at radius 1 is 1.42 bits per heavy atom. The Morgan fingerprint density at radius 3 is 2.89 bits per heavy atom. The Bertz CT molecular complexity index is 601. The number of aromatic carboxylic acids is 1. The molecule has 0 spiro atoms. The van der Waals surface area contributed by atoms with Crippen LogP contribution < -0.4 is 4.74 Å². The minimum Gasteiger partial charge on any atom is -0.476 e. The van der Waals surface area contributed by atoms with Crippen molar-refractivity contribution < 1.29 is 19.1 Å². The molecule has 3 rings (SSSR count). The van der Waals surface area contributed by atoms with Crippen molar-refractivity contribution in [2.45, 2.75) is 25.2 Å². The molecule has 0 atom stereocenters. The lowest BCUT2D eigenvalue weighted by Crippen LogP contribution is -2.08. The molecule has 1 N–H and O–H groups in total. The van der Waals surface area contributed by atoms with Crippen molar-refractivity contribution in [3.63, 3.8) is 0 Å². The van der Waals surface area contributed by atoms with E-state index in [4.69, 9.17) is 14.3 Å². The normalized spacial score (nSPS) is 14.9. The van der Waals surface area contributed by atoms with Gasteiger partial charge in [0.1, 0.15) is 12.0 Å². The van der Waals surface area contributed by atoms with E-state index in [1.165, 1.54) is 24.8 Å². The maximum Gasteiger partial charge on any atom is 0.399 e. The summed E-state index contributed by atoms with van der Waals surface area (Å²) in [5.74, 6) is 0.0905. The average Bonchev–Trinajstić information content (AvgIpc) is 2.76. The zero-order valence-corrected chi connectivity index (χ0v) is 10.2. The first-order valence-electron chi connectivity index (χ1n) is 6.19. The topological polar surface area (TPSA) is 72.6 Å².